The summed E-state index contributed by atoms with van der Waals surface area (Å²) in [5, 5.41) is 3.80. The molecule has 2 aliphatic rings. The first kappa shape index (κ1) is 13.1. The fraction of sp³-hybridized carbons (Fsp3) is 0.647. The second kappa shape index (κ2) is 5.26. The van der Waals surface area contributed by atoms with E-state index in [0.717, 1.165) is 13.2 Å². The molecule has 1 unspecified atom stereocenters. The minimum Gasteiger partial charge on any atom is -0.370 e. The van der Waals surface area contributed by atoms with Crippen LogP contribution in [-0.4, -0.2) is 18.7 Å². The smallest absolute Gasteiger partial charge is 0.0953 e. The zero-order chi connectivity index (χ0) is 13.3. The molecular weight excluding hydrogens is 234 g/mol. The average Bonchev–Trinajstić information content (AvgIpc) is 2.44. The maximum atomic E-state index is 6.23. The van der Waals surface area contributed by atoms with Crippen molar-refractivity contribution >= 4 is 0 Å². The van der Waals surface area contributed by atoms with Crippen LogP contribution in [0.15, 0.2) is 18.2 Å². The van der Waals surface area contributed by atoms with Crippen LogP contribution in [-0.2, 0) is 4.74 Å². The Balaban J connectivity index is 1.71. The first-order chi connectivity index (χ1) is 9.19. The molecule has 0 amide bonds. The minimum absolute atomic E-state index is 0.229. The van der Waals surface area contributed by atoms with Gasteiger partial charge in [-0.3, -0.25) is 0 Å². The van der Waals surface area contributed by atoms with Crippen LogP contribution in [0.3, 0.4) is 0 Å². The number of benzene rings is 1. The number of hydrogen-bond donors (Lipinski definition) is 1. The zero-order valence-electron chi connectivity index (χ0n) is 12.2. The first-order valence-corrected chi connectivity index (χ1v) is 7.62. The summed E-state index contributed by atoms with van der Waals surface area (Å²) in [6, 6.07) is 6.66. The summed E-state index contributed by atoms with van der Waals surface area (Å²) in [6.45, 7) is 6.18. The molecule has 1 aromatic rings. The third-order valence-electron chi connectivity index (χ3n) is 4.82. The molecule has 1 aliphatic carbocycles. The summed E-state index contributed by atoms with van der Waals surface area (Å²) in [4.78, 5) is 0. The SMILES string of the molecule is Cc1ccc(C)c(C2CNC3(CCCCC3)CO2)c1. The van der Waals surface area contributed by atoms with E-state index in [1.165, 1.54) is 48.8 Å². The number of morpholine rings is 1. The summed E-state index contributed by atoms with van der Waals surface area (Å²) >= 11 is 0. The number of rotatable bonds is 1. The van der Waals surface area contributed by atoms with Gasteiger partial charge in [0.1, 0.15) is 0 Å². The first-order valence-electron chi connectivity index (χ1n) is 7.62. The summed E-state index contributed by atoms with van der Waals surface area (Å²) in [7, 11) is 0. The van der Waals surface area contributed by atoms with Crippen LogP contribution in [0.5, 0.6) is 0 Å². The van der Waals surface area contributed by atoms with Crippen LogP contribution in [0.4, 0.5) is 0 Å². The van der Waals surface area contributed by atoms with Crippen LogP contribution in [0, 0.1) is 13.8 Å². The van der Waals surface area contributed by atoms with Gasteiger partial charge in [0.2, 0.25) is 0 Å². The lowest BCUT2D eigenvalue weighted by Crippen LogP contribution is -2.55. The molecule has 1 aromatic carbocycles. The highest BCUT2D eigenvalue weighted by molar-refractivity contribution is 5.32. The average molecular weight is 259 g/mol. The molecule has 2 fully saturated rings. The fourth-order valence-electron chi connectivity index (χ4n) is 3.54. The molecule has 1 aliphatic heterocycles. The predicted molar refractivity (Wildman–Crippen MR) is 78.4 cm³/mol. The van der Waals surface area contributed by atoms with Gasteiger partial charge in [0.25, 0.3) is 0 Å². The van der Waals surface area contributed by atoms with E-state index in [1.807, 2.05) is 0 Å². The lowest BCUT2D eigenvalue weighted by Gasteiger charge is -2.44. The van der Waals surface area contributed by atoms with E-state index in [9.17, 15) is 0 Å². The molecule has 0 aromatic heterocycles. The van der Waals surface area contributed by atoms with E-state index in [4.69, 9.17) is 4.74 Å². The molecule has 1 heterocycles. The number of ether oxygens (including phenoxy) is 1. The van der Waals surface area contributed by atoms with Crippen molar-refractivity contribution in [2.24, 2.45) is 0 Å². The van der Waals surface area contributed by atoms with Gasteiger partial charge in [0.15, 0.2) is 0 Å². The Morgan fingerprint density at radius 3 is 2.63 bits per heavy atom. The van der Waals surface area contributed by atoms with E-state index in [2.05, 4.69) is 37.4 Å². The Hall–Kier alpha value is -0.860. The molecule has 1 atom stereocenters. The van der Waals surface area contributed by atoms with E-state index in [-0.39, 0.29) is 11.6 Å². The molecule has 3 rings (SSSR count). The molecule has 2 heteroatoms. The predicted octanol–water partition coefficient (Wildman–Crippen LogP) is 3.67. The highest BCUT2D eigenvalue weighted by Crippen LogP contribution is 2.34. The highest BCUT2D eigenvalue weighted by Gasteiger charge is 2.37. The Bertz CT molecular complexity index is 439. The van der Waals surface area contributed by atoms with Crippen molar-refractivity contribution in [1.82, 2.24) is 5.32 Å². The normalized spacial score (nSPS) is 26.5. The third kappa shape index (κ3) is 2.70. The fourth-order valence-corrected chi connectivity index (χ4v) is 3.54. The maximum Gasteiger partial charge on any atom is 0.0953 e. The van der Waals surface area contributed by atoms with E-state index >= 15 is 0 Å². The molecule has 1 saturated carbocycles. The topological polar surface area (TPSA) is 21.3 Å². The van der Waals surface area contributed by atoms with Gasteiger partial charge in [-0.25, -0.2) is 0 Å². The monoisotopic (exact) mass is 259 g/mol. The van der Waals surface area contributed by atoms with Gasteiger partial charge < -0.3 is 10.1 Å². The van der Waals surface area contributed by atoms with E-state index < -0.39 is 0 Å². The minimum atomic E-state index is 0.229. The van der Waals surface area contributed by atoms with E-state index in [0.29, 0.717) is 0 Å². The van der Waals surface area contributed by atoms with Gasteiger partial charge in [0.05, 0.1) is 12.7 Å². The molecule has 0 radical (unpaired) electrons. The quantitative estimate of drug-likeness (QED) is 0.831. The lowest BCUT2D eigenvalue weighted by atomic mass is 9.81. The van der Waals surface area contributed by atoms with Gasteiger partial charge in [0, 0.05) is 12.1 Å². The summed E-state index contributed by atoms with van der Waals surface area (Å²) < 4.78 is 6.23. The molecule has 0 bridgehead atoms. The maximum absolute atomic E-state index is 6.23. The Morgan fingerprint density at radius 2 is 1.95 bits per heavy atom. The largest absolute Gasteiger partial charge is 0.370 e. The van der Waals surface area contributed by atoms with Crippen LogP contribution in [0.1, 0.15) is 54.9 Å². The van der Waals surface area contributed by atoms with Crippen molar-refractivity contribution in [3.63, 3.8) is 0 Å². The van der Waals surface area contributed by atoms with Crippen LogP contribution < -0.4 is 5.32 Å². The van der Waals surface area contributed by atoms with Crippen molar-refractivity contribution < 1.29 is 4.74 Å². The third-order valence-corrected chi connectivity index (χ3v) is 4.82. The van der Waals surface area contributed by atoms with Gasteiger partial charge in [-0.05, 0) is 37.8 Å². The highest BCUT2D eigenvalue weighted by atomic mass is 16.5. The van der Waals surface area contributed by atoms with Crippen molar-refractivity contribution in [2.45, 2.75) is 57.6 Å². The Kier molecular flexibility index (Phi) is 3.64. The molecule has 104 valence electrons. The summed E-state index contributed by atoms with van der Waals surface area (Å²) in [5.41, 5.74) is 4.31. The standard InChI is InChI=1S/C17H25NO/c1-13-6-7-14(2)15(10-13)16-11-18-17(12-19-16)8-4-3-5-9-17/h6-7,10,16,18H,3-5,8-9,11-12H2,1-2H3. The molecule has 2 nitrogen and oxygen atoms in total. The number of nitrogens with one attached hydrogen (secondary N) is 1. The van der Waals surface area contributed by atoms with Crippen molar-refractivity contribution in [3.8, 4) is 0 Å². The number of hydrogen-bond acceptors (Lipinski definition) is 2. The van der Waals surface area contributed by atoms with Crippen LogP contribution in [0.25, 0.3) is 0 Å². The van der Waals surface area contributed by atoms with Crippen molar-refractivity contribution in [2.75, 3.05) is 13.2 Å². The molecule has 1 spiro atoms. The van der Waals surface area contributed by atoms with Gasteiger partial charge in [-0.15, -0.1) is 0 Å². The Labute approximate surface area is 116 Å². The van der Waals surface area contributed by atoms with Crippen LogP contribution >= 0.6 is 0 Å². The molecule has 19 heavy (non-hydrogen) atoms. The second-order valence-electron chi connectivity index (χ2n) is 6.38. The molecule has 1 N–H and O–H groups in total. The second-order valence-corrected chi connectivity index (χ2v) is 6.38. The van der Waals surface area contributed by atoms with Gasteiger partial charge in [-0.1, -0.05) is 43.0 Å². The summed E-state index contributed by atoms with van der Waals surface area (Å²) in [6.07, 6.45) is 6.89. The van der Waals surface area contributed by atoms with Crippen molar-refractivity contribution in [3.05, 3.63) is 34.9 Å². The summed E-state index contributed by atoms with van der Waals surface area (Å²) in [5.74, 6) is 0. The van der Waals surface area contributed by atoms with Gasteiger partial charge >= 0.3 is 0 Å². The molecular formula is C17H25NO. The van der Waals surface area contributed by atoms with E-state index in [1.54, 1.807) is 0 Å². The van der Waals surface area contributed by atoms with Crippen LogP contribution in [0.2, 0.25) is 0 Å². The zero-order valence-corrected chi connectivity index (χ0v) is 12.2. The van der Waals surface area contributed by atoms with Gasteiger partial charge in [-0.2, -0.15) is 0 Å². The lowest BCUT2D eigenvalue weighted by molar-refractivity contribution is -0.0469. The Morgan fingerprint density at radius 1 is 1.16 bits per heavy atom. The van der Waals surface area contributed by atoms with Crippen molar-refractivity contribution in [1.29, 1.82) is 0 Å². The number of aryl methyl sites for hydroxylation is 2. The molecule has 1 saturated heterocycles.